The predicted molar refractivity (Wildman–Crippen MR) is 123 cm³/mol. The van der Waals surface area contributed by atoms with Gasteiger partial charge in [-0.15, -0.1) is 0 Å². The second-order valence-electron chi connectivity index (χ2n) is 9.16. The van der Waals surface area contributed by atoms with E-state index in [-0.39, 0.29) is 29.1 Å². The number of alkyl carbamates (subject to hydrolysis) is 1. The number of carbonyl (C=O) groups is 1. The summed E-state index contributed by atoms with van der Waals surface area (Å²) in [6.07, 6.45) is -0.750. The number of halogens is 3. The summed E-state index contributed by atoms with van der Waals surface area (Å²) >= 11 is 6.19. The topological polar surface area (TPSA) is 91.2 Å². The molecule has 0 bridgehead atoms. The smallest absolute Gasteiger partial charge is 0.407 e. The molecule has 0 radical (unpaired) electrons. The van der Waals surface area contributed by atoms with Crippen molar-refractivity contribution in [3.05, 3.63) is 41.3 Å². The van der Waals surface area contributed by atoms with Crippen molar-refractivity contribution in [2.75, 3.05) is 0 Å². The molecule has 11 heteroatoms. The average Bonchev–Trinajstić information content (AvgIpc) is 3.13. The number of para-hydroxylation sites is 2. The van der Waals surface area contributed by atoms with Crippen molar-refractivity contribution in [2.24, 2.45) is 0 Å². The molecule has 0 saturated heterocycles. The molecule has 1 aliphatic carbocycles. The van der Waals surface area contributed by atoms with E-state index in [1.807, 2.05) is 20.8 Å². The molecule has 2 aromatic heterocycles. The van der Waals surface area contributed by atoms with Crippen LogP contribution < -0.4 is 10.1 Å². The molecule has 0 atom stereocenters. The molecule has 4 rings (SSSR count). The van der Waals surface area contributed by atoms with E-state index in [1.54, 1.807) is 24.3 Å². The first-order chi connectivity index (χ1) is 16.1. The van der Waals surface area contributed by atoms with Gasteiger partial charge in [0.2, 0.25) is 0 Å². The van der Waals surface area contributed by atoms with Gasteiger partial charge in [-0.05, 0) is 58.6 Å². The lowest BCUT2D eigenvalue weighted by Crippen LogP contribution is -2.42. The molecular formula is C23H26ClF2N5O3. The van der Waals surface area contributed by atoms with E-state index in [9.17, 15) is 13.6 Å². The van der Waals surface area contributed by atoms with Crippen LogP contribution in [0.5, 0.6) is 6.01 Å². The van der Waals surface area contributed by atoms with Crippen molar-refractivity contribution >= 4 is 28.7 Å². The maximum Gasteiger partial charge on any atom is 0.407 e. The summed E-state index contributed by atoms with van der Waals surface area (Å²) in [5.74, 6) is -0.282. The van der Waals surface area contributed by atoms with Crippen LogP contribution in [0.3, 0.4) is 0 Å². The Morgan fingerprint density at radius 2 is 1.85 bits per heavy atom. The molecule has 1 aromatic carbocycles. The molecule has 0 unspecified atom stereocenters. The predicted octanol–water partition coefficient (Wildman–Crippen LogP) is 5.62. The van der Waals surface area contributed by atoms with Gasteiger partial charge in [-0.1, -0.05) is 23.7 Å². The fourth-order valence-electron chi connectivity index (χ4n) is 3.93. The quantitative estimate of drug-likeness (QED) is 0.464. The van der Waals surface area contributed by atoms with Gasteiger partial charge < -0.3 is 14.8 Å². The van der Waals surface area contributed by atoms with Crippen LogP contribution in [0.25, 0.3) is 16.9 Å². The number of aromatic nitrogens is 4. The van der Waals surface area contributed by atoms with E-state index >= 15 is 0 Å². The molecule has 2 heterocycles. The molecule has 0 aliphatic heterocycles. The summed E-state index contributed by atoms with van der Waals surface area (Å²) in [4.78, 5) is 24.5. The number of nitrogens with zero attached hydrogens (tertiary/aromatic N) is 4. The summed E-state index contributed by atoms with van der Waals surface area (Å²) < 4.78 is 39.9. The van der Waals surface area contributed by atoms with Gasteiger partial charge in [0.15, 0.2) is 5.82 Å². The molecule has 1 saturated carbocycles. The number of nitrogens with one attached hydrogen (secondary N) is 1. The van der Waals surface area contributed by atoms with Gasteiger partial charge in [-0.3, -0.25) is 4.57 Å². The average molecular weight is 494 g/mol. The van der Waals surface area contributed by atoms with Gasteiger partial charge in [0, 0.05) is 12.1 Å². The van der Waals surface area contributed by atoms with Crippen molar-refractivity contribution < 1.29 is 23.0 Å². The lowest BCUT2D eigenvalue weighted by molar-refractivity contribution is 0.0467. The third-order valence-corrected chi connectivity index (χ3v) is 5.53. The lowest BCUT2D eigenvalue weighted by atomic mass is 9.93. The maximum atomic E-state index is 13.7. The van der Waals surface area contributed by atoms with Crippen LogP contribution in [0.4, 0.5) is 13.6 Å². The van der Waals surface area contributed by atoms with E-state index < -0.39 is 23.9 Å². The number of hydrogen-bond acceptors (Lipinski definition) is 6. The summed E-state index contributed by atoms with van der Waals surface area (Å²) in [5, 5.41) is 2.95. The minimum Gasteiger partial charge on any atom is -0.460 e. The SMILES string of the molecule is CC(C)(C)OC(=O)N[C@H]1CC[C@H](Oc2nc(Cl)cc(-n3c(C(F)F)nc4ccccc43)n2)CC1. The largest absolute Gasteiger partial charge is 0.460 e. The van der Waals surface area contributed by atoms with Crippen LogP contribution >= 0.6 is 11.6 Å². The molecule has 1 aliphatic rings. The van der Waals surface area contributed by atoms with Crippen molar-refractivity contribution in [2.45, 2.75) is 70.6 Å². The summed E-state index contributed by atoms with van der Waals surface area (Å²) in [6, 6.07) is 8.19. The van der Waals surface area contributed by atoms with E-state index in [4.69, 9.17) is 21.1 Å². The zero-order valence-corrected chi connectivity index (χ0v) is 19.9. The van der Waals surface area contributed by atoms with Crippen LogP contribution in [-0.4, -0.2) is 43.4 Å². The second kappa shape index (κ2) is 9.69. The Morgan fingerprint density at radius 3 is 2.53 bits per heavy atom. The number of carbonyl (C=O) groups excluding carboxylic acids is 1. The van der Waals surface area contributed by atoms with Crippen LogP contribution in [0, 0.1) is 0 Å². The van der Waals surface area contributed by atoms with Crippen LogP contribution in [0.1, 0.15) is 58.7 Å². The van der Waals surface area contributed by atoms with Crippen molar-refractivity contribution in [3.8, 4) is 11.8 Å². The Morgan fingerprint density at radius 1 is 1.15 bits per heavy atom. The monoisotopic (exact) mass is 493 g/mol. The van der Waals surface area contributed by atoms with E-state index in [0.29, 0.717) is 36.7 Å². The fraction of sp³-hybridized carbons (Fsp3) is 0.478. The highest BCUT2D eigenvalue weighted by molar-refractivity contribution is 6.29. The first-order valence-corrected chi connectivity index (χ1v) is 11.4. The number of amides is 1. The van der Waals surface area contributed by atoms with Gasteiger partial charge >= 0.3 is 12.1 Å². The van der Waals surface area contributed by atoms with Gasteiger partial charge in [0.1, 0.15) is 22.7 Å². The standard InChI is InChI=1S/C23H26ClF2N5O3/c1-23(2,3)34-22(32)27-13-8-10-14(11-9-13)33-21-29-17(24)12-18(30-21)31-16-7-5-4-6-15(16)28-20(31)19(25)26/h4-7,12-14,19H,8-11H2,1-3H3,(H,27,32)/t13-,14-. The molecule has 182 valence electrons. The number of rotatable bonds is 5. The number of fused-ring (bicyclic) bond motifs is 1. The molecular weight excluding hydrogens is 468 g/mol. The molecule has 1 N–H and O–H groups in total. The van der Waals surface area contributed by atoms with Crippen molar-refractivity contribution in [1.82, 2.24) is 24.8 Å². The van der Waals surface area contributed by atoms with E-state index in [2.05, 4.69) is 20.3 Å². The minimum atomic E-state index is -2.81. The Bertz CT molecular complexity index is 1170. The molecule has 1 fully saturated rings. The molecule has 3 aromatic rings. The number of ether oxygens (including phenoxy) is 2. The van der Waals surface area contributed by atoms with Gasteiger partial charge in [-0.2, -0.15) is 9.97 Å². The molecule has 1 amide bonds. The van der Waals surface area contributed by atoms with Gasteiger partial charge in [-0.25, -0.2) is 18.6 Å². The zero-order chi connectivity index (χ0) is 24.5. The van der Waals surface area contributed by atoms with Crippen LogP contribution in [0.15, 0.2) is 30.3 Å². The van der Waals surface area contributed by atoms with Crippen LogP contribution in [0.2, 0.25) is 5.15 Å². The first kappa shape index (κ1) is 24.1. The summed E-state index contributed by atoms with van der Waals surface area (Å²) in [7, 11) is 0. The minimum absolute atomic E-state index is 0.00375. The first-order valence-electron chi connectivity index (χ1n) is 11.1. The fourth-order valence-corrected chi connectivity index (χ4v) is 4.10. The Hall–Kier alpha value is -3.01. The highest BCUT2D eigenvalue weighted by Gasteiger charge is 2.27. The van der Waals surface area contributed by atoms with E-state index in [1.165, 1.54) is 10.6 Å². The van der Waals surface area contributed by atoms with Crippen molar-refractivity contribution in [3.63, 3.8) is 0 Å². The number of benzene rings is 1. The summed E-state index contributed by atoms with van der Waals surface area (Å²) in [5.41, 5.74) is 0.342. The summed E-state index contributed by atoms with van der Waals surface area (Å²) in [6.45, 7) is 5.44. The normalized spacial score (nSPS) is 18.8. The Kier molecular flexibility index (Phi) is 6.88. The Balaban J connectivity index is 1.47. The van der Waals surface area contributed by atoms with E-state index in [0.717, 1.165) is 0 Å². The zero-order valence-electron chi connectivity index (χ0n) is 19.1. The Labute approximate surface area is 200 Å². The van der Waals surface area contributed by atoms with Gasteiger partial charge in [0.25, 0.3) is 6.43 Å². The molecule has 34 heavy (non-hydrogen) atoms. The molecule has 8 nitrogen and oxygen atoms in total. The number of hydrogen-bond donors (Lipinski definition) is 1. The highest BCUT2D eigenvalue weighted by Crippen LogP contribution is 2.29. The maximum absolute atomic E-state index is 13.7. The third-order valence-electron chi connectivity index (χ3n) is 5.34. The lowest BCUT2D eigenvalue weighted by Gasteiger charge is -2.29. The molecule has 0 spiro atoms. The van der Waals surface area contributed by atoms with Crippen LogP contribution in [-0.2, 0) is 4.74 Å². The second-order valence-corrected chi connectivity index (χ2v) is 9.55. The van der Waals surface area contributed by atoms with Crippen molar-refractivity contribution in [1.29, 1.82) is 0 Å². The van der Waals surface area contributed by atoms with Gasteiger partial charge in [0.05, 0.1) is 11.0 Å². The number of imidazole rings is 1. The highest BCUT2D eigenvalue weighted by atomic mass is 35.5. The number of alkyl halides is 2. The third kappa shape index (κ3) is 5.72.